The number of rotatable bonds is 6. The van der Waals surface area contributed by atoms with Crippen LogP contribution in [0.2, 0.25) is 0 Å². The number of nitrogens with zero attached hydrogens (tertiary/aromatic N) is 1. The van der Waals surface area contributed by atoms with Crippen LogP contribution in [-0.4, -0.2) is 35.7 Å². The van der Waals surface area contributed by atoms with Gasteiger partial charge in [-0.1, -0.05) is 37.6 Å². The fourth-order valence-electron chi connectivity index (χ4n) is 1.61. The number of hydrogen-bond acceptors (Lipinski definition) is 3. The van der Waals surface area contributed by atoms with Gasteiger partial charge in [0.05, 0.1) is 0 Å². The van der Waals surface area contributed by atoms with Crippen LogP contribution in [-0.2, 0) is 6.54 Å². The van der Waals surface area contributed by atoms with Crippen LogP contribution in [0.3, 0.4) is 0 Å². The fourth-order valence-corrected chi connectivity index (χ4v) is 1.61. The molecule has 4 heteroatoms. The van der Waals surface area contributed by atoms with Crippen molar-refractivity contribution in [3.63, 3.8) is 0 Å². The van der Waals surface area contributed by atoms with Gasteiger partial charge in [-0.3, -0.25) is 0 Å². The van der Waals surface area contributed by atoms with Crippen molar-refractivity contribution < 1.29 is 10.0 Å². The molecule has 0 radical (unpaired) electrons. The first-order chi connectivity index (χ1) is 7.63. The number of hydrogen-bond donors (Lipinski definition) is 2. The second kappa shape index (κ2) is 6.68. The first-order valence-corrected chi connectivity index (χ1v) is 5.77. The molecular formula is C12H20BNO2. The molecule has 0 aliphatic rings. The van der Waals surface area contributed by atoms with Crippen LogP contribution in [0.1, 0.15) is 25.3 Å². The molecule has 88 valence electrons. The van der Waals surface area contributed by atoms with Crippen molar-refractivity contribution in [2.45, 2.75) is 26.3 Å². The molecular weight excluding hydrogens is 201 g/mol. The van der Waals surface area contributed by atoms with Crippen LogP contribution < -0.4 is 5.46 Å². The maximum Gasteiger partial charge on any atom is 0.488 e. The van der Waals surface area contributed by atoms with E-state index in [2.05, 4.69) is 18.9 Å². The summed E-state index contributed by atoms with van der Waals surface area (Å²) < 4.78 is 0. The minimum atomic E-state index is -1.37. The van der Waals surface area contributed by atoms with Gasteiger partial charge in [0.25, 0.3) is 0 Å². The highest BCUT2D eigenvalue weighted by atomic mass is 16.4. The van der Waals surface area contributed by atoms with Crippen molar-refractivity contribution in [1.29, 1.82) is 0 Å². The smallest absolute Gasteiger partial charge is 0.423 e. The van der Waals surface area contributed by atoms with Crippen molar-refractivity contribution >= 4 is 12.6 Å². The second-order valence-corrected chi connectivity index (χ2v) is 4.21. The molecule has 0 saturated carbocycles. The Bertz CT molecular complexity index is 300. The molecule has 0 aromatic heterocycles. The molecule has 0 unspecified atom stereocenters. The minimum absolute atomic E-state index is 0.542. The highest BCUT2D eigenvalue weighted by Gasteiger charge is 2.09. The summed E-state index contributed by atoms with van der Waals surface area (Å²) in [5.41, 5.74) is 1.74. The first kappa shape index (κ1) is 13.2. The average molecular weight is 221 g/mol. The van der Waals surface area contributed by atoms with Gasteiger partial charge >= 0.3 is 7.12 Å². The Hall–Kier alpha value is -0.835. The molecule has 16 heavy (non-hydrogen) atoms. The van der Waals surface area contributed by atoms with E-state index in [-0.39, 0.29) is 0 Å². The van der Waals surface area contributed by atoms with E-state index >= 15 is 0 Å². The first-order valence-electron chi connectivity index (χ1n) is 5.77. The topological polar surface area (TPSA) is 43.7 Å². The predicted octanol–water partition coefficient (Wildman–Crippen LogP) is 0.598. The number of unbranched alkanes of at least 4 members (excludes halogenated alkanes) is 1. The van der Waals surface area contributed by atoms with Gasteiger partial charge in [0, 0.05) is 6.54 Å². The molecule has 1 rings (SSSR count). The molecule has 2 N–H and O–H groups in total. The normalized spacial score (nSPS) is 10.8. The summed E-state index contributed by atoms with van der Waals surface area (Å²) in [6.07, 6.45) is 2.42. The average Bonchev–Trinajstić information content (AvgIpc) is 2.27. The van der Waals surface area contributed by atoms with Crippen molar-refractivity contribution in [2.75, 3.05) is 13.6 Å². The summed E-state index contributed by atoms with van der Waals surface area (Å²) in [6, 6.07) is 7.40. The Labute approximate surface area is 97.9 Å². The van der Waals surface area contributed by atoms with Gasteiger partial charge in [0.2, 0.25) is 0 Å². The second-order valence-electron chi connectivity index (χ2n) is 4.21. The molecule has 0 saturated heterocycles. The molecule has 3 nitrogen and oxygen atoms in total. The van der Waals surface area contributed by atoms with Gasteiger partial charge in [0.15, 0.2) is 0 Å². The fraction of sp³-hybridized carbons (Fsp3) is 0.500. The van der Waals surface area contributed by atoms with E-state index in [9.17, 15) is 0 Å². The summed E-state index contributed by atoms with van der Waals surface area (Å²) in [7, 11) is 0.733. The Balaban J connectivity index is 2.48. The molecule has 0 fully saturated rings. The summed E-state index contributed by atoms with van der Waals surface area (Å²) >= 11 is 0. The highest BCUT2D eigenvalue weighted by molar-refractivity contribution is 6.58. The third-order valence-electron chi connectivity index (χ3n) is 2.62. The van der Waals surface area contributed by atoms with Gasteiger partial charge in [-0.25, -0.2) is 0 Å². The van der Waals surface area contributed by atoms with E-state index in [1.54, 1.807) is 12.1 Å². The quantitative estimate of drug-likeness (QED) is 0.691. The third-order valence-corrected chi connectivity index (χ3v) is 2.62. The van der Waals surface area contributed by atoms with E-state index in [1.165, 1.54) is 18.4 Å². The van der Waals surface area contributed by atoms with Crippen molar-refractivity contribution in [3.8, 4) is 0 Å². The van der Waals surface area contributed by atoms with Crippen LogP contribution in [0.5, 0.6) is 0 Å². The molecule has 1 aromatic rings. The summed E-state index contributed by atoms with van der Waals surface area (Å²) in [4.78, 5) is 2.27. The molecule has 0 bridgehead atoms. The third kappa shape index (κ3) is 4.35. The van der Waals surface area contributed by atoms with Gasteiger partial charge < -0.3 is 14.9 Å². The highest BCUT2D eigenvalue weighted by Crippen LogP contribution is 2.03. The van der Waals surface area contributed by atoms with E-state index in [1.807, 2.05) is 12.1 Å². The lowest BCUT2D eigenvalue weighted by Gasteiger charge is -2.16. The molecule has 0 spiro atoms. The molecule has 0 heterocycles. The summed E-state index contributed by atoms with van der Waals surface area (Å²) in [6.45, 7) is 4.19. The summed E-state index contributed by atoms with van der Waals surface area (Å²) in [5, 5.41) is 17.9. The van der Waals surface area contributed by atoms with Crippen LogP contribution in [0.15, 0.2) is 24.3 Å². The zero-order chi connectivity index (χ0) is 12.0. The van der Waals surface area contributed by atoms with Gasteiger partial charge in [-0.05, 0) is 31.0 Å². The largest absolute Gasteiger partial charge is 0.488 e. The Morgan fingerprint density at radius 2 is 1.81 bits per heavy atom. The minimum Gasteiger partial charge on any atom is -0.423 e. The zero-order valence-corrected chi connectivity index (χ0v) is 10.1. The van der Waals surface area contributed by atoms with Crippen molar-refractivity contribution in [1.82, 2.24) is 4.90 Å². The maximum absolute atomic E-state index is 8.96. The summed E-state index contributed by atoms with van der Waals surface area (Å²) in [5.74, 6) is 0. The lowest BCUT2D eigenvalue weighted by atomic mass is 9.80. The molecule has 0 atom stereocenters. The Morgan fingerprint density at radius 1 is 1.19 bits per heavy atom. The van der Waals surface area contributed by atoms with Crippen molar-refractivity contribution in [2.24, 2.45) is 0 Å². The van der Waals surface area contributed by atoms with Crippen LogP contribution in [0.25, 0.3) is 0 Å². The van der Waals surface area contributed by atoms with Crippen LogP contribution >= 0.6 is 0 Å². The van der Waals surface area contributed by atoms with E-state index in [0.29, 0.717) is 5.46 Å². The Kier molecular flexibility index (Phi) is 5.53. The molecule has 0 aliphatic heterocycles. The zero-order valence-electron chi connectivity index (χ0n) is 10.1. The van der Waals surface area contributed by atoms with Crippen LogP contribution in [0.4, 0.5) is 0 Å². The molecule has 0 aliphatic carbocycles. The van der Waals surface area contributed by atoms with Crippen LogP contribution in [0, 0.1) is 0 Å². The van der Waals surface area contributed by atoms with E-state index < -0.39 is 7.12 Å². The monoisotopic (exact) mass is 221 g/mol. The standard InChI is InChI=1S/C12H20BNO2/c1-3-4-9-14(2)10-11-5-7-12(8-6-11)13(15)16/h5-8,15-16H,3-4,9-10H2,1-2H3. The van der Waals surface area contributed by atoms with Gasteiger partial charge in [-0.2, -0.15) is 0 Å². The lowest BCUT2D eigenvalue weighted by Crippen LogP contribution is -2.29. The van der Waals surface area contributed by atoms with E-state index in [4.69, 9.17) is 10.0 Å². The van der Waals surface area contributed by atoms with Gasteiger partial charge in [-0.15, -0.1) is 0 Å². The van der Waals surface area contributed by atoms with Crippen molar-refractivity contribution in [3.05, 3.63) is 29.8 Å². The lowest BCUT2D eigenvalue weighted by molar-refractivity contribution is 0.321. The molecule has 1 aromatic carbocycles. The molecule has 0 amide bonds. The number of benzene rings is 1. The SMILES string of the molecule is CCCCN(C)Cc1ccc(B(O)O)cc1. The van der Waals surface area contributed by atoms with E-state index in [0.717, 1.165) is 13.1 Å². The predicted molar refractivity (Wildman–Crippen MR) is 67.5 cm³/mol. The van der Waals surface area contributed by atoms with Gasteiger partial charge in [0.1, 0.15) is 0 Å². The maximum atomic E-state index is 8.96. The Morgan fingerprint density at radius 3 is 2.31 bits per heavy atom.